The maximum Gasteiger partial charge on any atom is 0.0594 e. The minimum absolute atomic E-state index is 0.868. The molecule has 1 aliphatic heterocycles. The van der Waals surface area contributed by atoms with Crippen molar-refractivity contribution in [2.75, 3.05) is 32.8 Å². The number of benzene rings is 2. The van der Waals surface area contributed by atoms with Gasteiger partial charge in [0, 0.05) is 19.6 Å². The number of fused-ring (bicyclic) bond motifs is 2. The lowest BCUT2D eigenvalue weighted by Gasteiger charge is -2.26. The fraction of sp³-hybridized carbons (Fsp3) is 0.379. The van der Waals surface area contributed by atoms with Crippen LogP contribution in [0.2, 0.25) is 0 Å². The van der Waals surface area contributed by atoms with E-state index in [4.69, 9.17) is 4.74 Å². The van der Waals surface area contributed by atoms with Crippen LogP contribution in [0.5, 0.6) is 0 Å². The highest BCUT2D eigenvalue weighted by Gasteiger charge is 2.20. The first-order valence-electron chi connectivity index (χ1n) is 12.0. The molecular weight excluding hydrogens is 378 g/mol. The van der Waals surface area contributed by atoms with Gasteiger partial charge in [0.2, 0.25) is 0 Å². The Hall–Kier alpha value is -2.42. The molecule has 2 aromatic rings. The molecule has 0 atom stereocenters. The predicted octanol–water partition coefficient (Wildman–Crippen LogP) is 6.26. The van der Waals surface area contributed by atoms with Gasteiger partial charge in [-0.25, -0.2) is 0 Å². The number of rotatable bonds is 6. The van der Waals surface area contributed by atoms with Crippen molar-refractivity contribution < 1.29 is 4.74 Å². The van der Waals surface area contributed by atoms with E-state index < -0.39 is 0 Å². The van der Waals surface area contributed by atoms with Crippen LogP contribution >= 0.6 is 0 Å². The van der Waals surface area contributed by atoms with Gasteiger partial charge in [-0.15, -0.1) is 0 Å². The summed E-state index contributed by atoms with van der Waals surface area (Å²) in [5, 5.41) is 0. The van der Waals surface area contributed by atoms with E-state index in [-0.39, 0.29) is 0 Å². The Morgan fingerprint density at radius 3 is 2.68 bits per heavy atom. The lowest BCUT2D eigenvalue weighted by Crippen LogP contribution is -2.36. The van der Waals surface area contributed by atoms with Crippen LogP contribution in [0, 0.1) is 0 Å². The Morgan fingerprint density at radius 1 is 1.00 bits per heavy atom. The minimum Gasteiger partial charge on any atom is -0.379 e. The fourth-order valence-corrected chi connectivity index (χ4v) is 5.23. The molecule has 0 N–H and O–H groups in total. The molecule has 0 aromatic heterocycles. The first-order valence-corrected chi connectivity index (χ1v) is 12.0. The van der Waals surface area contributed by atoms with Crippen LogP contribution in [-0.4, -0.2) is 37.7 Å². The Kier molecular flexibility index (Phi) is 6.20. The number of hydrogen-bond acceptors (Lipinski definition) is 2. The van der Waals surface area contributed by atoms with Crippen LogP contribution in [0.15, 0.2) is 48.6 Å². The molecule has 2 nitrogen and oxygen atoms in total. The number of allylic oxidation sites excluding steroid dienone is 3. The third-order valence-electron chi connectivity index (χ3n) is 6.88. The Morgan fingerprint density at radius 2 is 1.84 bits per heavy atom. The molecule has 2 aromatic carbocycles. The molecule has 0 radical (unpaired) electrons. The van der Waals surface area contributed by atoms with Crippen LogP contribution < -0.4 is 0 Å². The summed E-state index contributed by atoms with van der Waals surface area (Å²) in [6.45, 7) is 7.24. The molecule has 3 aliphatic rings. The fourth-order valence-electron chi connectivity index (χ4n) is 5.23. The molecule has 1 saturated heterocycles. The molecule has 0 amide bonds. The summed E-state index contributed by atoms with van der Waals surface area (Å²) < 4.78 is 5.51. The number of morpholine rings is 1. The first-order chi connectivity index (χ1) is 15.3. The van der Waals surface area contributed by atoms with Gasteiger partial charge in [-0.1, -0.05) is 68.0 Å². The second kappa shape index (κ2) is 9.38. The zero-order valence-electron chi connectivity index (χ0n) is 18.7. The van der Waals surface area contributed by atoms with E-state index in [1.807, 2.05) is 0 Å². The van der Waals surface area contributed by atoms with E-state index >= 15 is 0 Å². The monoisotopic (exact) mass is 411 g/mol. The van der Waals surface area contributed by atoms with Crippen molar-refractivity contribution in [2.45, 2.75) is 39.0 Å². The van der Waals surface area contributed by atoms with Crippen molar-refractivity contribution in [2.24, 2.45) is 0 Å². The van der Waals surface area contributed by atoms with E-state index in [0.29, 0.717) is 0 Å². The highest BCUT2D eigenvalue weighted by atomic mass is 16.5. The Labute approximate surface area is 186 Å². The zero-order valence-corrected chi connectivity index (χ0v) is 18.7. The molecule has 0 bridgehead atoms. The molecule has 1 heterocycles. The van der Waals surface area contributed by atoms with Gasteiger partial charge in [0.05, 0.1) is 13.2 Å². The van der Waals surface area contributed by atoms with Gasteiger partial charge in [-0.05, 0) is 76.3 Å². The highest BCUT2D eigenvalue weighted by Crippen LogP contribution is 2.39. The molecule has 5 rings (SSSR count). The largest absolute Gasteiger partial charge is 0.379 e. The van der Waals surface area contributed by atoms with Crippen LogP contribution in [0.3, 0.4) is 0 Å². The van der Waals surface area contributed by atoms with Crippen molar-refractivity contribution in [1.82, 2.24) is 4.90 Å². The van der Waals surface area contributed by atoms with E-state index in [0.717, 1.165) is 45.7 Å². The predicted molar refractivity (Wildman–Crippen MR) is 132 cm³/mol. The zero-order chi connectivity index (χ0) is 21.0. The highest BCUT2D eigenvalue weighted by molar-refractivity contribution is 6.02. The second-order valence-electron chi connectivity index (χ2n) is 8.92. The summed E-state index contributed by atoms with van der Waals surface area (Å²) in [4.78, 5) is 2.53. The maximum atomic E-state index is 5.51. The van der Waals surface area contributed by atoms with Crippen LogP contribution in [-0.2, 0) is 17.6 Å². The summed E-state index contributed by atoms with van der Waals surface area (Å²) in [7, 11) is 0. The minimum atomic E-state index is 0.868. The van der Waals surface area contributed by atoms with E-state index in [2.05, 4.69) is 72.5 Å². The van der Waals surface area contributed by atoms with Crippen molar-refractivity contribution in [1.29, 1.82) is 0 Å². The SMILES string of the molecule is CCCc1ccc(/C=C2\C=C(CCN3CCOCC3)c3ccccc32)c2c1CCC=C2. The third kappa shape index (κ3) is 4.33. The van der Waals surface area contributed by atoms with Gasteiger partial charge >= 0.3 is 0 Å². The summed E-state index contributed by atoms with van der Waals surface area (Å²) in [5.41, 5.74) is 11.5. The molecule has 0 unspecified atom stereocenters. The summed E-state index contributed by atoms with van der Waals surface area (Å²) in [6.07, 6.45) is 15.4. The van der Waals surface area contributed by atoms with Crippen molar-refractivity contribution >= 4 is 23.3 Å². The molecule has 0 spiro atoms. The lowest BCUT2D eigenvalue weighted by atomic mass is 9.87. The normalized spacial score (nSPS) is 19.4. The summed E-state index contributed by atoms with van der Waals surface area (Å²) in [5.74, 6) is 0. The van der Waals surface area contributed by atoms with Crippen molar-refractivity contribution in [3.8, 4) is 0 Å². The molecule has 31 heavy (non-hydrogen) atoms. The molecule has 2 aliphatic carbocycles. The maximum absolute atomic E-state index is 5.51. The smallest absolute Gasteiger partial charge is 0.0594 e. The Bertz CT molecular complexity index is 1040. The van der Waals surface area contributed by atoms with Gasteiger partial charge in [0.1, 0.15) is 0 Å². The Balaban J connectivity index is 1.47. The number of aryl methyl sites for hydroxylation is 1. The average Bonchev–Trinajstić information content (AvgIpc) is 3.17. The molecule has 160 valence electrons. The van der Waals surface area contributed by atoms with Crippen LogP contribution in [0.4, 0.5) is 0 Å². The number of hydrogen-bond donors (Lipinski definition) is 0. The lowest BCUT2D eigenvalue weighted by molar-refractivity contribution is 0.0390. The molecular formula is C29H33NO. The van der Waals surface area contributed by atoms with E-state index in [1.165, 1.54) is 58.2 Å². The third-order valence-corrected chi connectivity index (χ3v) is 6.88. The molecule has 0 saturated carbocycles. The van der Waals surface area contributed by atoms with Gasteiger partial charge in [0.25, 0.3) is 0 Å². The number of ether oxygens (including phenoxy) is 1. The average molecular weight is 412 g/mol. The number of nitrogens with zero attached hydrogens (tertiary/aromatic N) is 1. The summed E-state index contributed by atoms with van der Waals surface area (Å²) in [6, 6.07) is 13.6. The quantitative estimate of drug-likeness (QED) is 0.556. The first kappa shape index (κ1) is 20.5. The van der Waals surface area contributed by atoms with Gasteiger partial charge in [-0.2, -0.15) is 0 Å². The topological polar surface area (TPSA) is 12.5 Å². The molecule has 1 fully saturated rings. The van der Waals surface area contributed by atoms with Gasteiger partial charge in [-0.3, -0.25) is 4.90 Å². The molecule has 2 heteroatoms. The van der Waals surface area contributed by atoms with Crippen LogP contribution in [0.25, 0.3) is 23.3 Å². The van der Waals surface area contributed by atoms with E-state index in [9.17, 15) is 0 Å². The second-order valence-corrected chi connectivity index (χ2v) is 8.92. The van der Waals surface area contributed by atoms with Gasteiger partial charge in [0.15, 0.2) is 0 Å². The van der Waals surface area contributed by atoms with Gasteiger partial charge < -0.3 is 4.74 Å². The standard InChI is InChI=1S/C29H33NO/c1-2-7-22-12-13-23(27-9-4-3-8-26(22)27)20-25-21-24(28-10-5-6-11-29(25)28)14-15-30-16-18-31-19-17-30/h4-6,9-13,20-21H,2-3,7-8,14-19H2,1H3/b25-20+. The van der Waals surface area contributed by atoms with Crippen LogP contribution in [0.1, 0.15) is 59.6 Å². The summed E-state index contributed by atoms with van der Waals surface area (Å²) >= 11 is 0. The van der Waals surface area contributed by atoms with E-state index in [1.54, 1.807) is 5.56 Å². The van der Waals surface area contributed by atoms with Crippen molar-refractivity contribution in [3.05, 3.63) is 81.9 Å². The van der Waals surface area contributed by atoms with Crippen molar-refractivity contribution in [3.63, 3.8) is 0 Å².